The van der Waals surface area contributed by atoms with Crippen LogP contribution in [0.15, 0.2) is 54.7 Å². The highest BCUT2D eigenvalue weighted by atomic mass is 15.0. The van der Waals surface area contributed by atoms with Gasteiger partial charge in [-0.1, -0.05) is 36.4 Å². The van der Waals surface area contributed by atoms with Crippen LogP contribution < -0.4 is 5.32 Å². The lowest BCUT2D eigenvalue weighted by Gasteiger charge is -2.19. The zero-order valence-corrected chi connectivity index (χ0v) is 10.3. The van der Waals surface area contributed by atoms with Gasteiger partial charge in [0.2, 0.25) is 0 Å². The second-order valence-electron chi connectivity index (χ2n) is 4.28. The Hall–Kier alpha value is -1.67. The van der Waals surface area contributed by atoms with E-state index in [0.717, 1.165) is 5.69 Å². The second-order valence-corrected chi connectivity index (χ2v) is 4.28. The maximum absolute atomic E-state index is 4.36. The molecule has 2 atom stereocenters. The molecule has 1 aromatic carbocycles. The number of hydrogen-bond acceptors (Lipinski definition) is 2. The maximum atomic E-state index is 4.36. The number of nitrogens with one attached hydrogen (secondary N) is 1. The van der Waals surface area contributed by atoms with Crippen molar-refractivity contribution in [3.05, 3.63) is 66.0 Å². The molecule has 2 nitrogen and oxygen atoms in total. The van der Waals surface area contributed by atoms with Crippen LogP contribution in [0.4, 0.5) is 0 Å². The fraction of sp³-hybridized carbons (Fsp3) is 0.267. The van der Waals surface area contributed by atoms with Crippen molar-refractivity contribution in [3.8, 4) is 0 Å². The summed E-state index contributed by atoms with van der Waals surface area (Å²) in [6.07, 6.45) is 1.83. The summed E-state index contributed by atoms with van der Waals surface area (Å²) in [4.78, 5) is 4.36. The lowest BCUT2D eigenvalue weighted by Crippen LogP contribution is -2.23. The third-order valence-corrected chi connectivity index (χ3v) is 2.93. The molecular weight excluding hydrogens is 208 g/mol. The highest BCUT2D eigenvalue weighted by molar-refractivity contribution is 5.19. The van der Waals surface area contributed by atoms with Crippen LogP contribution in [0.5, 0.6) is 0 Å². The van der Waals surface area contributed by atoms with E-state index in [1.165, 1.54) is 5.56 Å². The fourth-order valence-corrected chi connectivity index (χ4v) is 1.93. The molecule has 0 bridgehead atoms. The summed E-state index contributed by atoms with van der Waals surface area (Å²) in [6.45, 7) is 4.32. The lowest BCUT2D eigenvalue weighted by atomic mass is 10.1. The Morgan fingerprint density at radius 1 is 0.882 bits per heavy atom. The fourth-order valence-electron chi connectivity index (χ4n) is 1.93. The Morgan fingerprint density at radius 3 is 2.24 bits per heavy atom. The van der Waals surface area contributed by atoms with Crippen LogP contribution in [0.25, 0.3) is 0 Å². The molecule has 0 saturated heterocycles. The molecule has 0 fully saturated rings. The molecule has 17 heavy (non-hydrogen) atoms. The van der Waals surface area contributed by atoms with Gasteiger partial charge in [-0.3, -0.25) is 4.98 Å². The van der Waals surface area contributed by atoms with Crippen LogP contribution in [0.1, 0.15) is 37.2 Å². The maximum Gasteiger partial charge on any atom is 0.0570 e. The molecule has 0 aliphatic carbocycles. The molecule has 0 radical (unpaired) electrons. The molecule has 1 N–H and O–H groups in total. The summed E-state index contributed by atoms with van der Waals surface area (Å²) >= 11 is 0. The SMILES string of the molecule is C[C@H](N[C@H](C)c1ccccn1)c1ccccc1. The minimum Gasteiger partial charge on any atom is -0.302 e. The quantitative estimate of drug-likeness (QED) is 0.863. The summed E-state index contributed by atoms with van der Waals surface area (Å²) < 4.78 is 0. The first-order valence-corrected chi connectivity index (χ1v) is 5.99. The molecule has 0 spiro atoms. The zero-order valence-electron chi connectivity index (χ0n) is 10.3. The van der Waals surface area contributed by atoms with Crippen LogP contribution in [0, 0.1) is 0 Å². The number of nitrogens with zero attached hydrogens (tertiary/aromatic N) is 1. The van der Waals surface area contributed by atoms with Crippen LogP contribution >= 0.6 is 0 Å². The van der Waals surface area contributed by atoms with Gasteiger partial charge < -0.3 is 5.32 Å². The topological polar surface area (TPSA) is 24.9 Å². The Kier molecular flexibility index (Phi) is 3.89. The molecule has 0 unspecified atom stereocenters. The van der Waals surface area contributed by atoms with E-state index in [9.17, 15) is 0 Å². The number of benzene rings is 1. The normalized spacial score (nSPS) is 14.2. The van der Waals surface area contributed by atoms with Gasteiger partial charge in [0.15, 0.2) is 0 Å². The third-order valence-electron chi connectivity index (χ3n) is 2.93. The van der Waals surface area contributed by atoms with Crippen LogP contribution in [-0.4, -0.2) is 4.98 Å². The molecule has 0 aliphatic heterocycles. The predicted octanol–water partition coefficient (Wildman–Crippen LogP) is 3.49. The monoisotopic (exact) mass is 226 g/mol. The molecule has 1 heterocycles. The van der Waals surface area contributed by atoms with Gasteiger partial charge in [-0.2, -0.15) is 0 Å². The third kappa shape index (κ3) is 3.14. The zero-order chi connectivity index (χ0) is 12.1. The van der Waals surface area contributed by atoms with Gasteiger partial charge in [0.05, 0.1) is 5.69 Å². The van der Waals surface area contributed by atoms with E-state index in [2.05, 4.69) is 54.5 Å². The van der Waals surface area contributed by atoms with Gasteiger partial charge in [-0.05, 0) is 31.5 Å². The first-order valence-electron chi connectivity index (χ1n) is 5.99. The molecule has 2 heteroatoms. The van der Waals surface area contributed by atoms with Crippen molar-refractivity contribution in [2.24, 2.45) is 0 Å². The smallest absolute Gasteiger partial charge is 0.0570 e. The summed E-state index contributed by atoms with van der Waals surface area (Å²) in [5.74, 6) is 0. The lowest BCUT2D eigenvalue weighted by molar-refractivity contribution is 0.486. The van der Waals surface area contributed by atoms with E-state index >= 15 is 0 Å². The summed E-state index contributed by atoms with van der Waals surface area (Å²) in [5, 5.41) is 3.55. The van der Waals surface area contributed by atoms with Crippen molar-refractivity contribution in [2.45, 2.75) is 25.9 Å². The molecule has 0 aliphatic rings. The Labute approximate surface area is 103 Å². The molecule has 0 saturated carbocycles. The molecule has 2 aromatic rings. The number of hydrogen-bond donors (Lipinski definition) is 1. The average molecular weight is 226 g/mol. The van der Waals surface area contributed by atoms with Gasteiger partial charge >= 0.3 is 0 Å². The van der Waals surface area contributed by atoms with E-state index in [-0.39, 0.29) is 6.04 Å². The van der Waals surface area contributed by atoms with Crippen molar-refractivity contribution in [1.29, 1.82) is 0 Å². The Bertz CT molecular complexity index is 395. The van der Waals surface area contributed by atoms with E-state index in [1.807, 2.05) is 24.4 Å². The average Bonchev–Trinajstić information content (AvgIpc) is 2.40. The van der Waals surface area contributed by atoms with E-state index in [4.69, 9.17) is 0 Å². The van der Waals surface area contributed by atoms with Crippen molar-refractivity contribution >= 4 is 0 Å². The largest absolute Gasteiger partial charge is 0.302 e. The number of pyridine rings is 1. The molecule has 1 aromatic heterocycles. The van der Waals surface area contributed by atoms with Crippen molar-refractivity contribution in [3.63, 3.8) is 0 Å². The minimum absolute atomic E-state index is 0.256. The molecule has 88 valence electrons. The molecular formula is C15H18N2. The first kappa shape index (κ1) is 11.8. The van der Waals surface area contributed by atoms with E-state index in [0.29, 0.717) is 6.04 Å². The number of aromatic nitrogens is 1. The first-order chi connectivity index (χ1) is 8.27. The van der Waals surface area contributed by atoms with Gasteiger partial charge in [0.25, 0.3) is 0 Å². The van der Waals surface area contributed by atoms with Crippen LogP contribution in [-0.2, 0) is 0 Å². The number of rotatable bonds is 4. The Balaban J connectivity index is 2.02. The summed E-state index contributed by atoms with van der Waals surface area (Å²) in [5.41, 5.74) is 2.38. The van der Waals surface area contributed by atoms with Crippen molar-refractivity contribution in [1.82, 2.24) is 10.3 Å². The highest BCUT2D eigenvalue weighted by Crippen LogP contribution is 2.17. The van der Waals surface area contributed by atoms with Crippen molar-refractivity contribution < 1.29 is 0 Å². The minimum atomic E-state index is 0.256. The van der Waals surface area contributed by atoms with Crippen LogP contribution in [0.3, 0.4) is 0 Å². The van der Waals surface area contributed by atoms with E-state index in [1.54, 1.807) is 0 Å². The molecule has 0 amide bonds. The van der Waals surface area contributed by atoms with Crippen molar-refractivity contribution in [2.75, 3.05) is 0 Å². The van der Waals surface area contributed by atoms with Gasteiger partial charge in [-0.25, -0.2) is 0 Å². The highest BCUT2D eigenvalue weighted by Gasteiger charge is 2.10. The second kappa shape index (κ2) is 5.60. The van der Waals surface area contributed by atoms with Crippen LogP contribution in [0.2, 0.25) is 0 Å². The summed E-state index contributed by atoms with van der Waals surface area (Å²) in [7, 11) is 0. The van der Waals surface area contributed by atoms with E-state index < -0.39 is 0 Å². The van der Waals surface area contributed by atoms with Gasteiger partial charge in [-0.15, -0.1) is 0 Å². The summed E-state index contributed by atoms with van der Waals surface area (Å²) in [6, 6.07) is 17.1. The molecule has 2 rings (SSSR count). The predicted molar refractivity (Wildman–Crippen MR) is 70.6 cm³/mol. The van der Waals surface area contributed by atoms with Gasteiger partial charge in [0.1, 0.15) is 0 Å². The van der Waals surface area contributed by atoms with Gasteiger partial charge in [0, 0.05) is 18.3 Å². The Morgan fingerprint density at radius 2 is 1.59 bits per heavy atom. The standard InChI is InChI=1S/C15H18N2/c1-12(14-8-4-3-5-9-14)17-13(2)15-10-6-7-11-16-15/h3-13,17H,1-2H3/t12-,13+/m0/s1.